The Hall–Kier alpha value is -1.51. The van der Waals surface area contributed by atoms with Crippen molar-refractivity contribution in [1.82, 2.24) is 4.90 Å². The van der Waals surface area contributed by atoms with Gasteiger partial charge in [-0.2, -0.15) is 0 Å². The lowest BCUT2D eigenvalue weighted by Crippen LogP contribution is -2.49. The molecule has 1 atom stereocenters. The summed E-state index contributed by atoms with van der Waals surface area (Å²) in [5.74, 6) is 0.697. The molecule has 2 N–H and O–H groups in total. The van der Waals surface area contributed by atoms with Crippen molar-refractivity contribution in [2.75, 3.05) is 13.1 Å². The average molecular weight is 259 g/mol. The van der Waals surface area contributed by atoms with Crippen LogP contribution in [0.5, 0.6) is 0 Å². The fourth-order valence-electron chi connectivity index (χ4n) is 2.96. The van der Waals surface area contributed by atoms with E-state index >= 15 is 0 Å². The monoisotopic (exact) mass is 259 g/mol. The van der Waals surface area contributed by atoms with Crippen LogP contribution in [0.1, 0.15) is 44.7 Å². The number of hydrogen-bond acceptors (Lipinski definition) is 3. The molecule has 0 aliphatic carbocycles. The van der Waals surface area contributed by atoms with Crippen LogP contribution in [0.25, 0.3) is 0 Å². The number of hydrogen-bond donors (Lipinski definition) is 1. The molecule has 1 unspecified atom stereocenters. The van der Waals surface area contributed by atoms with Crippen LogP contribution in [0.4, 0.5) is 0 Å². The second-order valence-corrected chi connectivity index (χ2v) is 5.26. The number of guanidine groups is 1. The highest BCUT2D eigenvalue weighted by molar-refractivity contribution is 5.81. The molecule has 104 valence electrons. The topological polar surface area (TPSA) is 41.6 Å². The van der Waals surface area contributed by atoms with Gasteiger partial charge in [-0.05, 0) is 30.4 Å². The first-order chi connectivity index (χ1) is 9.17. The van der Waals surface area contributed by atoms with Crippen LogP contribution in [0.2, 0.25) is 0 Å². The predicted octanol–water partition coefficient (Wildman–Crippen LogP) is 2.89. The summed E-state index contributed by atoms with van der Waals surface area (Å²) >= 11 is 0. The van der Waals surface area contributed by atoms with Crippen molar-refractivity contribution in [3.05, 3.63) is 35.4 Å². The Morgan fingerprint density at radius 2 is 1.89 bits per heavy atom. The summed E-state index contributed by atoms with van der Waals surface area (Å²) in [6.45, 7) is 8.35. The minimum absolute atomic E-state index is 0.0354. The quantitative estimate of drug-likeness (QED) is 0.883. The molecule has 0 fully saturated rings. The summed E-state index contributed by atoms with van der Waals surface area (Å²) in [7, 11) is 0. The van der Waals surface area contributed by atoms with E-state index in [-0.39, 0.29) is 5.54 Å². The Balaban J connectivity index is 2.36. The minimum Gasteiger partial charge on any atom is -0.370 e. The zero-order valence-electron chi connectivity index (χ0n) is 12.3. The van der Waals surface area contributed by atoms with Gasteiger partial charge in [0.1, 0.15) is 0 Å². The fraction of sp³-hybridized carbons (Fsp3) is 0.562. The maximum atomic E-state index is 6.09. The zero-order valence-corrected chi connectivity index (χ0v) is 12.3. The van der Waals surface area contributed by atoms with Crippen molar-refractivity contribution in [1.29, 1.82) is 0 Å². The van der Waals surface area contributed by atoms with Crippen molar-refractivity contribution in [3.63, 3.8) is 0 Å². The minimum atomic E-state index is -0.0354. The largest absolute Gasteiger partial charge is 0.370 e. The van der Waals surface area contributed by atoms with Crippen molar-refractivity contribution in [2.45, 2.75) is 45.6 Å². The van der Waals surface area contributed by atoms with Gasteiger partial charge in [-0.15, -0.1) is 0 Å². The molecule has 0 bridgehead atoms. The third kappa shape index (κ3) is 2.34. The third-order valence-corrected chi connectivity index (χ3v) is 4.23. The Morgan fingerprint density at radius 3 is 2.42 bits per heavy atom. The maximum Gasteiger partial charge on any atom is 0.192 e. The molecule has 3 nitrogen and oxygen atoms in total. The van der Waals surface area contributed by atoms with Gasteiger partial charge in [0.05, 0.1) is 12.1 Å². The maximum absolute atomic E-state index is 6.09. The normalized spacial score (nSPS) is 22.7. The first kappa shape index (κ1) is 13.9. The van der Waals surface area contributed by atoms with Crippen LogP contribution >= 0.6 is 0 Å². The first-order valence-electron chi connectivity index (χ1n) is 7.35. The van der Waals surface area contributed by atoms with Crippen LogP contribution in [0.3, 0.4) is 0 Å². The molecule has 1 aromatic carbocycles. The van der Waals surface area contributed by atoms with Crippen LogP contribution in [0, 0.1) is 0 Å². The molecule has 0 radical (unpaired) electrons. The molecule has 3 heteroatoms. The summed E-state index contributed by atoms with van der Waals surface area (Å²) < 4.78 is 0. The smallest absolute Gasteiger partial charge is 0.192 e. The molecule has 1 aliphatic heterocycles. The van der Waals surface area contributed by atoms with E-state index in [2.05, 4.69) is 54.9 Å². The van der Waals surface area contributed by atoms with Gasteiger partial charge in [0.2, 0.25) is 0 Å². The number of nitrogens with two attached hydrogens (primary N) is 1. The molecule has 0 spiro atoms. The van der Waals surface area contributed by atoms with E-state index in [4.69, 9.17) is 5.73 Å². The average Bonchev–Trinajstić information content (AvgIpc) is 2.78. The van der Waals surface area contributed by atoms with Crippen LogP contribution in [-0.4, -0.2) is 23.9 Å². The Morgan fingerprint density at radius 1 is 1.21 bits per heavy atom. The van der Waals surface area contributed by atoms with Gasteiger partial charge in [-0.1, -0.05) is 45.0 Å². The number of rotatable bonds is 5. The standard InChI is InChI=1S/C16H25N3/c1-4-11-19-15(17)18-12-16(19,6-3)14-9-7-13(5-2)8-10-14/h7-10H,4-6,11-12H2,1-3H3,(H2,17,18). The molecule has 1 heterocycles. The second-order valence-electron chi connectivity index (χ2n) is 5.26. The van der Waals surface area contributed by atoms with Crippen LogP contribution in [0.15, 0.2) is 29.3 Å². The Labute approximate surface area is 116 Å². The third-order valence-electron chi connectivity index (χ3n) is 4.23. The van der Waals surface area contributed by atoms with Gasteiger partial charge in [0.25, 0.3) is 0 Å². The molecule has 1 aliphatic rings. The fourth-order valence-corrected chi connectivity index (χ4v) is 2.96. The lowest BCUT2D eigenvalue weighted by atomic mass is 9.85. The summed E-state index contributed by atoms with van der Waals surface area (Å²) in [5, 5.41) is 0. The highest BCUT2D eigenvalue weighted by atomic mass is 15.4. The lowest BCUT2D eigenvalue weighted by molar-refractivity contribution is 0.194. The summed E-state index contributed by atoms with van der Waals surface area (Å²) in [6.07, 6.45) is 3.20. The van der Waals surface area contributed by atoms with E-state index in [1.54, 1.807) is 0 Å². The van der Waals surface area contributed by atoms with Crippen molar-refractivity contribution >= 4 is 5.96 Å². The van der Waals surface area contributed by atoms with Crippen LogP contribution < -0.4 is 5.73 Å². The van der Waals surface area contributed by atoms with Gasteiger partial charge >= 0.3 is 0 Å². The highest BCUT2D eigenvalue weighted by Gasteiger charge is 2.41. The molecule has 2 rings (SSSR count). The van der Waals surface area contributed by atoms with Gasteiger partial charge in [0.15, 0.2) is 5.96 Å². The first-order valence-corrected chi connectivity index (χ1v) is 7.35. The van der Waals surface area contributed by atoms with E-state index in [0.29, 0.717) is 5.96 Å². The molecular formula is C16H25N3. The summed E-state index contributed by atoms with van der Waals surface area (Å²) in [6, 6.07) is 8.95. The van der Waals surface area contributed by atoms with Crippen molar-refractivity contribution in [3.8, 4) is 0 Å². The number of aryl methyl sites for hydroxylation is 1. The van der Waals surface area contributed by atoms with Crippen LogP contribution in [-0.2, 0) is 12.0 Å². The molecule has 1 aromatic rings. The predicted molar refractivity (Wildman–Crippen MR) is 81.3 cm³/mol. The van der Waals surface area contributed by atoms with Gasteiger partial charge in [-0.25, -0.2) is 0 Å². The molecule has 19 heavy (non-hydrogen) atoms. The number of nitrogens with zero attached hydrogens (tertiary/aromatic N) is 2. The van der Waals surface area contributed by atoms with E-state index in [9.17, 15) is 0 Å². The lowest BCUT2D eigenvalue weighted by Gasteiger charge is -2.39. The highest BCUT2D eigenvalue weighted by Crippen LogP contribution is 2.36. The van der Waals surface area contributed by atoms with Crippen molar-refractivity contribution in [2.24, 2.45) is 10.7 Å². The van der Waals surface area contributed by atoms with Gasteiger partial charge in [0, 0.05) is 6.54 Å². The number of aliphatic imine (C=N–C) groups is 1. The SMILES string of the molecule is CCCN1C(N)=NCC1(CC)c1ccc(CC)cc1. The summed E-state index contributed by atoms with van der Waals surface area (Å²) in [4.78, 5) is 6.79. The van der Waals surface area contributed by atoms with E-state index in [0.717, 1.165) is 32.4 Å². The summed E-state index contributed by atoms with van der Waals surface area (Å²) in [5.41, 5.74) is 8.77. The molecular weight excluding hydrogens is 234 g/mol. The van der Waals surface area contributed by atoms with E-state index in [1.807, 2.05) is 0 Å². The molecule has 0 saturated carbocycles. The van der Waals surface area contributed by atoms with E-state index < -0.39 is 0 Å². The zero-order chi connectivity index (χ0) is 13.9. The molecule has 0 aromatic heterocycles. The second kappa shape index (κ2) is 5.64. The van der Waals surface area contributed by atoms with E-state index in [1.165, 1.54) is 11.1 Å². The van der Waals surface area contributed by atoms with Crippen molar-refractivity contribution < 1.29 is 0 Å². The Bertz CT molecular complexity index is 450. The van der Waals surface area contributed by atoms with Gasteiger partial charge in [-0.3, -0.25) is 4.99 Å². The Kier molecular flexibility index (Phi) is 4.13. The number of benzene rings is 1. The molecule has 0 amide bonds. The molecule has 0 saturated heterocycles. The van der Waals surface area contributed by atoms with Gasteiger partial charge < -0.3 is 10.6 Å².